The molecule has 1 aliphatic heterocycles. The fourth-order valence-electron chi connectivity index (χ4n) is 3.12. The average molecular weight is 374 g/mol. The molecule has 0 saturated carbocycles. The highest BCUT2D eigenvalue weighted by atomic mass is 32.2. The third-order valence-electron chi connectivity index (χ3n) is 4.50. The number of hydrogen-bond donors (Lipinski definition) is 0. The van der Waals surface area contributed by atoms with E-state index in [1.54, 1.807) is 6.33 Å². The Hall–Kier alpha value is -1.86. The number of aryl methyl sites for hydroxylation is 1. The first-order valence-corrected chi connectivity index (χ1v) is 10.1. The molecule has 7 heteroatoms. The smallest absolute Gasteiger partial charge is 0.233 e. The summed E-state index contributed by atoms with van der Waals surface area (Å²) < 4.78 is 1.93. The Bertz CT molecular complexity index is 720. The minimum atomic E-state index is 0.178. The zero-order chi connectivity index (χ0) is 18.5. The molecule has 3 rings (SSSR count). The molecule has 1 aromatic carbocycles. The van der Waals surface area contributed by atoms with Crippen LogP contribution in [0.25, 0.3) is 5.69 Å². The predicted molar refractivity (Wildman–Crippen MR) is 105 cm³/mol. The number of hydrogen-bond acceptors (Lipinski definition) is 5. The molecule has 0 N–H and O–H groups in total. The lowest BCUT2D eigenvalue weighted by molar-refractivity contribution is -0.130. The highest BCUT2D eigenvalue weighted by molar-refractivity contribution is 7.99. The van der Waals surface area contributed by atoms with Gasteiger partial charge in [0.15, 0.2) is 5.16 Å². The summed E-state index contributed by atoms with van der Waals surface area (Å²) >= 11 is 1.45. The lowest BCUT2D eigenvalue weighted by Gasteiger charge is -2.35. The highest BCUT2D eigenvalue weighted by Gasteiger charge is 2.22. The van der Waals surface area contributed by atoms with E-state index in [1.807, 2.05) is 21.6 Å². The SMILES string of the molecule is Cc1ccc(-n2cnnc2SCC(=O)N2CCN(CC(C)C)CC2)cc1. The molecule has 0 aliphatic carbocycles. The number of amides is 1. The van der Waals surface area contributed by atoms with Crippen molar-refractivity contribution >= 4 is 17.7 Å². The minimum absolute atomic E-state index is 0.178. The standard InChI is InChI=1S/C19H27N5OS/c1-15(2)12-22-8-10-23(11-9-22)18(25)13-26-19-21-20-14-24(19)17-6-4-16(3)5-7-17/h4-7,14-15H,8-13H2,1-3H3. The molecular formula is C19H27N5OS. The molecule has 26 heavy (non-hydrogen) atoms. The van der Waals surface area contributed by atoms with E-state index >= 15 is 0 Å². The van der Waals surface area contributed by atoms with Crippen molar-refractivity contribution in [1.29, 1.82) is 0 Å². The number of aromatic nitrogens is 3. The van der Waals surface area contributed by atoms with Crippen LogP contribution in [0.5, 0.6) is 0 Å². The second-order valence-corrected chi connectivity index (χ2v) is 8.13. The van der Waals surface area contributed by atoms with Crippen molar-refractivity contribution in [3.05, 3.63) is 36.2 Å². The molecular weight excluding hydrogens is 346 g/mol. The van der Waals surface area contributed by atoms with E-state index in [9.17, 15) is 4.79 Å². The maximum atomic E-state index is 12.5. The summed E-state index contributed by atoms with van der Waals surface area (Å²) in [6.07, 6.45) is 1.70. The van der Waals surface area contributed by atoms with E-state index in [1.165, 1.54) is 17.3 Å². The van der Waals surface area contributed by atoms with Crippen LogP contribution in [0.15, 0.2) is 35.7 Å². The van der Waals surface area contributed by atoms with E-state index in [-0.39, 0.29) is 5.91 Å². The van der Waals surface area contributed by atoms with Gasteiger partial charge in [0.1, 0.15) is 6.33 Å². The minimum Gasteiger partial charge on any atom is -0.339 e. The van der Waals surface area contributed by atoms with E-state index < -0.39 is 0 Å². The molecule has 2 aromatic rings. The third kappa shape index (κ3) is 4.86. The highest BCUT2D eigenvalue weighted by Crippen LogP contribution is 2.20. The second kappa shape index (κ2) is 8.68. The molecule has 0 spiro atoms. The van der Waals surface area contributed by atoms with Crippen LogP contribution < -0.4 is 0 Å². The van der Waals surface area contributed by atoms with Gasteiger partial charge in [-0.2, -0.15) is 0 Å². The number of carbonyl (C=O) groups is 1. The predicted octanol–water partition coefficient (Wildman–Crippen LogP) is 2.47. The van der Waals surface area contributed by atoms with Crippen LogP contribution in [0.1, 0.15) is 19.4 Å². The molecule has 1 aliphatic rings. The zero-order valence-electron chi connectivity index (χ0n) is 15.8. The topological polar surface area (TPSA) is 54.3 Å². The van der Waals surface area contributed by atoms with Crippen LogP contribution in [0.2, 0.25) is 0 Å². The lowest BCUT2D eigenvalue weighted by Crippen LogP contribution is -2.50. The molecule has 1 amide bonds. The van der Waals surface area contributed by atoms with Crippen molar-refractivity contribution in [2.75, 3.05) is 38.5 Å². The average Bonchev–Trinajstić information content (AvgIpc) is 3.09. The number of benzene rings is 1. The third-order valence-corrected chi connectivity index (χ3v) is 5.43. The number of nitrogens with zero attached hydrogens (tertiary/aromatic N) is 5. The summed E-state index contributed by atoms with van der Waals surface area (Å²) in [5.41, 5.74) is 2.22. The Morgan fingerprint density at radius 2 is 1.85 bits per heavy atom. The molecule has 1 aromatic heterocycles. The Labute approximate surface area is 159 Å². The first kappa shape index (κ1) is 18.9. The molecule has 0 unspecified atom stereocenters. The maximum absolute atomic E-state index is 12.5. The molecule has 0 radical (unpaired) electrons. The van der Waals surface area contributed by atoms with Crippen molar-refractivity contribution in [3.8, 4) is 5.69 Å². The normalized spacial score (nSPS) is 15.6. The van der Waals surface area contributed by atoms with Gasteiger partial charge in [-0.25, -0.2) is 0 Å². The fourth-order valence-corrected chi connectivity index (χ4v) is 3.95. The summed E-state index contributed by atoms with van der Waals surface area (Å²) in [4.78, 5) is 17.0. The van der Waals surface area contributed by atoms with Crippen LogP contribution in [0, 0.1) is 12.8 Å². The maximum Gasteiger partial charge on any atom is 0.233 e. The first-order chi connectivity index (χ1) is 12.5. The Kier molecular flexibility index (Phi) is 6.32. The van der Waals surface area contributed by atoms with Crippen molar-refractivity contribution in [3.63, 3.8) is 0 Å². The van der Waals surface area contributed by atoms with Crippen LogP contribution >= 0.6 is 11.8 Å². The Balaban J connectivity index is 1.53. The van der Waals surface area contributed by atoms with Gasteiger partial charge >= 0.3 is 0 Å². The number of carbonyl (C=O) groups excluding carboxylic acids is 1. The molecule has 0 atom stereocenters. The quantitative estimate of drug-likeness (QED) is 0.728. The van der Waals surface area contributed by atoms with Gasteiger partial charge in [-0.15, -0.1) is 10.2 Å². The van der Waals surface area contributed by atoms with Crippen LogP contribution in [-0.4, -0.2) is 68.9 Å². The first-order valence-electron chi connectivity index (χ1n) is 9.13. The molecule has 1 fully saturated rings. The Morgan fingerprint density at radius 1 is 1.15 bits per heavy atom. The summed E-state index contributed by atoms with van der Waals surface area (Å²) in [5.74, 6) is 1.24. The van der Waals surface area contributed by atoms with Crippen molar-refractivity contribution in [2.24, 2.45) is 5.92 Å². The van der Waals surface area contributed by atoms with Crippen molar-refractivity contribution < 1.29 is 4.79 Å². The van der Waals surface area contributed by atoms with Gasteiger partial charge in [0.2, 0.25) is 5.91 Å². The largest absolute Gasteiger partial charge is 0.339 e. The summed E-state index contributed by atoms with van der Waals surface area (Å²) in [7, 11) is 0. The van der Waals surface area contributed by atoms with Crippen LogP contribution in [-0.2, 0) is 4.79 Å². The second-order valence-electron chi connectivity index (χ2n) is 7.18. The number of piperazine rings is 1. The lowest BCUT2D eigenvalue weighted by atomic mass is 10.2. The van der Waals surface area contributed by atoms with Crippen molar-refractivity contribution in [1.82, 2.24) is 24.6 Å². The monoisotopic (exact) mass is 373 g/mol. The molecule has 0 bridgehead atoms. The van der Waals surface area contributed by atoms with Gasteiger partial charge in [-0.3, -0.25) is 14.3 Å². The van der Waals surface area contributed by atoms with Gasteiger partial charge in [0.05, 0.1) is 5.75 Å². The van der Waals surface area contributed by atoms with Crippen LogP contribution in [0.4, 0.5) is 0 Å². The molecule has 1 saturated heterocycles. The van der Waals surface area contributed by atoms with Gasteiger partial charge in [0.25, 0.3) is 0 Å². The van der Waals surface area contributed by atoms with E-state index in [0.29, 0.717) is 11.7 Å². The van der Waals surface area contributed by atoms with Crippen LogP contribution in [0.3, 0.4) is 0 Å². The Morgan fingerprint density at radius 3 is 2.50 bits per heavy atom. The number of thioether (sulfide) groups is 1. The van der Waals surface area contributed by atoms with Gasteiger partial charge in [0, 0.05) is 38.4 Å². The van der Waals surface area contributed by atoms with Gasteiger partial charge < -0.3 is 4.90 Å². The molecule has 2 heterocycles. The van der Waals surface area contributed by atoms with E-state index in [4.69, 9.17) is 0 Å². The summed E-state index contributed by atoms with van der Waals surface area (Å²) in [6.45, 7) is 11.2. The van der Waals surface area contributed by atoms with E-state index in [0.717, 1.165) is 43.6 Å². The van der Waals surface area contributed by atoms with Gasteiger partial charge in [-0.1, -0.05) is 43.3 Å². The van der Waals surface area contributed by atoms with Gasteiger partial charge in [-0.05, 0) is 25.0 Å². The summed E-state index contributed by atoms with van der Waals surface area (Å²) in [5, 5.41) is 8.93. The molecule has 140 valence electrons. The van der Waals surface area contributed by atoms with Crippen molar-refractivity contribution in [2.45, 2.75) is 25.9 Å². The summed E-state index contributed by atoms with van der Waals surface area (Å²) in [6, 6.07) is 8.20. The molecule has 6 nitrogen and oxygen atoms in total. The fraction of sp³-hybridized carbons (Fsp3) is 0.526. The zero-order valence-corrected chi connectivity index (χ0v) is 16.6. The number of rotatable bonds is 6. The van der Waals surface area contributed by atoms with E-state index in [2.05, 4.69) is 48.0 Å².